The number of aryl methyl sites for hydroxylation is 2. The topological polar surface area (TPSA) is 46.9 Å². The summed E-state index contributed by atoms with van der Waals surface area (Å²) in [5, 5.41) is 3.39. The molecule has 1 N–H and O–H groups in total. The molecule has 1 aliphatic heterocycles. The molecule has 4 heteroatoms. The summed E-state index contributed by atoms with van der Waals surface area (Å²) in [5.41, 5.74) is 1.68. The van der Waals surface area contributed by atoms with Crippen molar-refractivity contribution < 1.29 is 0 Å². The van der Waals surface area contributed by atoms with E-state index in [0.29, 0.717) is 6.04 Å². The molecular weight excluding hydrogens is 190 g/mol. The molecule has 0 saturated carbocycles. The van der Waals surface area contributed by atoms with E-state index in [9.17, 15) is 4.79 Å². The van der Waals surface area contributed by atoms with Crippen molar-refractivity contribution in [2.24, 2.45) is 0 Å². The van der Waals surface area contributed by atoms with Crippen LogP contribution in [0.5, 0.6) is 0 Å². The highest BCUT2D eigenvalue weighted by Gasteiger charge is 2.16. The summed E-state index contributed by atoms with van der Waals surface area (Å²) in [7, 11) is 0. The van der Waals surface area contributed by atoms with Crippen LogP contribution < -0.4 is 11.0 Å². The Morgan fingerprint density at radius 1 is 1.60 bits per heavy atom. The normalized spacial score (nSPS) is 20.8. The average Bonchev–Trinajstić information content (AvgIpc) is 2.63. The van der Waals surface area contributed by atoms with Crippen LogP contribution in [0.4, 0.5) is 0 Å². The van der Waals surface area contributed by atoms with E-state index in [1.807, 2.05) is 19.9 Å². The summed E-state index contributed by atoms with van der Waals surface area (Å²) in [6.45, 7) is 5.63. The Hall–Kier alpha value is -1.16. The Balaban J connectivity index is 2.23. The van der Waals surface area contributed by atoms with E-state index in [2.05, 4.69) is 10.3 Å². The number of hydrogen-bond donors (Lipinski definition) is 1. The van der Waals surface area contributed by atoms with Gasteiger partial charge in [-0.15, -0.1) is 0 Å². The van der Waals surface area contributed by atoms with Crippen molar-refractivity contribution in [3.05, 3.63) is 27.9 Å². The van der Waals surface area contributed by atoms with Gasteiger partial charge in [-0.05, 0) is 39.3 Å². The second-order valence-corrected chi connectivity index (χ2v) is 4.23. The molecule has 2 heterocycles. The number of nitrogens with one attached hydrogen (secondary N) is 1. The van der Waals surface area contributed by atoms with Crippen LogP contribution in [-0.4, -0.2) is 22.1 Å². The van der Waals surface area contributed by atoms with E-state index < -0.39 is 0 Å². The molecule has 2 rings (SSSR count). The lowest BCUT2D eigenvalue weighted by molar-refractivity contribution is 0.484. The fourth-order valence-corrected chi connectivity index (χ4v) is 2.13. The molecule has 0 unspecified atom stereocenters. The molecule has 1 fully saturated rings. The fraction of sp³-hybridized carbons (Fsp3) is 0.636. The average molecular weight is 207 g/mol. The molecule has 15 heavy (non-hydrogen) atoms. The zero-order valence-corrected chi connectivity index (χ0v) is 9.29. The largest absolute Gasteiger partial charge is 0.348 e. The highest BCUT2D eigenvalue weighted by molar-refractivity contribution is 5.06. The molecule has 0 amide bonds. The lowest BCUT2D eigenvalue weighted by atomic mass is 10.2. The van der Waals surface area contributed by atoms with Gasteiger partial charge in [0.15, 0.2) is 0 Å². The Morgan fingerprint density at radius 2 is 2.40 bits per heavy atom. The monoisotopic (exact) mass is 207 g/mol. The number of rotatable bonds is 2. The molecule has 0 aliphatic carbocycles. The van der Waals surface area contributed by atoms with E-state index in [1.54, 1.807) is 4.57 Å². The van der Waals surface area contributed by atoms with Crippen molar-refractivity contribution in [2.45, 2.75) is 39.3 Å². The van der Waals surface area contributed by atoms with Crippen LogP contribution in [0.1, 0.15) is 24.2 Å². The van der Waals surface area contributed by atoms with E-state index in [4.69, 9.17) is 0 Å². The predicted molar refractivity (Wildman–Crippen MR) is 59.0 cm³/mol. The second kappa shape index (κ2) is 4.14. The maximum absolute atomic E-state index is 11.7. The third-order valence-corrected chi connectivity index (χ3v) is 2.91. The first-order chi connectivity index (χ1) is 7.16. The molecule has 0 bridgehead atoms. The first kappa shape index (κ1) is 10.4. The molecule has 82 valence electrons. The summed E-state index contributed by atoms with van der Waals surface area (Å²) in [6.07, 6.45) is 2.36. The van der Waals surface area contributed by atoms with E-state index in [1.165, 1.54) is 6.42 Å². The van der Waals surface area contributed by atoms with Crippen LogP contribution in [-0.2, 0) is 6.54 Å². The van der Waals surface area contributed by atoms with Gasteiger partial charge >= 0.3 is 5.69 Å². The molecule has 1 aromatic heterocycles. The Morgan fingerprint density at radius 3 is 3.00 bits per heavy atom. The van der Waals surface area contributed by atoms with Gasteiger partial charge in [-0.2, -0.15) is 4.98 Å². The predicted octanol–water partition coefficient (Wildman–Crippen LogP) is 0.612. The minimum absolute atomic E-state index is 0.124. The molecular formula is C11H17N3O. The zero-order chi connectivity index (χ0) is 10.8. The maximum atomic E-state index is 11.7. The van der Waals surface area contributed by atoms with E-state index >= 15 is 0 Å². The van der Waals surface area contributed by atoms with Crippen LogP contribution in [0.15, 0.2) is 10.9 Å². The quantitative estimate of drug-likeness (QED) is 0.773. The van der Waals surface area contributed by atoms with Crippen LogP contribution in [0, 0.1) is 13.8 Å². The van der Waals surface area contributed by atoms with Crippen molar-refractivity contribution in [3.63, 3.8) is 0 Å². The van der Waals surface area contributed by atoms with Gasteiger partial charge < -0.3 is 5.32 Å². The Labute approximate surface area is 89.3 Å². The van der Waals surface area contributed by atoms with Gasteiger partial charge in [0.1, 0.15) is 0 Å². The number of hydrogen-bond acceptors (Lipinski definition) is 3. The molecule has 0 aromatic carbocycles. The number of nitrogens with zero attached hydrogens (tertiary/aromatic N) is 2. The van der Waals surface area contributed by atoms with Crippen LogP contribution >= 0.6 is 0 Å². The lowest BCUT2D eigenvalue weighted by Crippen LogP contribution is -2.34. The van der Waals surface area contributed by atoms with Gasteiger partial charge in [0.25, 0.3) is 0 Å². The molecule has 0 spiro atoms. The second-order valence-electron chi connectivity index (χ2n) is 4.23. The minimum atomic E-state index is -0.124. The summed E-state index contributed by atoms with van der Waals surface area (Å²) in [5.74, 6) is 0. The Kier molecular flexibility index (Phi) is 2.86. The zero-order valence-electron chi connectivity index (χ0n) is 9.29. The summed E-state index contributed by atoms with van der Waals surface area (Å²) in [6, 6.07) is 2.39. The van der Waals surface area contributed by atoms with E-state index in [0.717, 1.165) is 30.9 Å². The van der Waals surface area contributed by atoms with Gasteiger partial charge in [0.2, 0.25) is 0 Å². The maximum Gasteiger partial charge on any atom is 0.348 e. The fourth-order valence-electron chi connectivity index (χ4n) is 2.13. The highest BCUT2D eigenvalue weighted by atomic mass is 16.1. The Bertz CT molecular complexity index is 405. The highest BCUT2D eigenvalue weighted by Crippen LogP contribution is 2.07. The molecule has 1 saturated heterocycles. The first-order valence-corrected chi connectivity index (χ1v) is 5.45. The first-order valence-electron chi connectivity index (χ1n) is 5.45. The van der Waals surface area contributed by atoms with Gasteiger partial charge in [0, 0.05) is 24.0 Å². The van der Waals surface area contributed by atoms with Crippen LogP contribution in [0.2, 0.25) is 0 Å². The number of aromatic nitrogens is 2. The van der Waals surface area contributed by atoms with Crippen LogP contribution in [0.25, 0.3) is 0 Å². The molecule has 4 nitrogen and oxygen atoms in total. The smallest absolute Gasteiger partial charge is 0.312 e. The summed E-state index contributed by atoms with van der Waals surface area (Å²) in [4.78, 5) is 15.6. The molecule has 1 aliphatic rings. The van der Waals surface area contributed by atoms with Crippen molar-refractivity contribution in [2.75, 3.05) is 6.54 Å². The van der Waals surface area contributed by atoms with Gasteiger partial charge in [-0.3, -0.25) is 4.57 Å². The molecule has 1 atom stereocenters. The van der Waals surface area contributed by atoms with Gasteiger partial charge in [-0.1, -0.05) is 0 Å². The third-order valence-electron chi connectivity index (χ3n) is 2.91. The molecule has 0 radical (unpaired) electrons. The van der Waals surface area contributed by atoms with Crippen molar-refractivity contribution in [3.8, 4) is 0 Å². The summed E-state index contributed by atoms with van der Waals surface area (Å²) < 4.78 is 1.76. The third kappa shape index (κ3) is 2.26. The van der Waals surface area contributed by atoms with E-state index in [-0.39, 0.29) is 5.69 Å². The summed E-state index contributed by atoms with van der Waals surface area (Å²) >= 11 is 0. The van der Waals surface area contributed by atoms with Crippen molar-refractivity contribution in [1.82, 2.24) is 14.9 Å². The SMILES string of the molecule is Cc1cc(C)n(C[C@@H]2CCCN2)c(=O)n1. The van der Waals surface area contributed by atoms with Gasteiger partial charge in [-0.25, -0.2) is 4.79 Å². The standard InChI is InChI=1S/C11H17N3O/c1-8-6-9(2)14(11(15)13-8)7-10-4-3-5-12-10/h6,10,12H,3-5,7H2,1-2H3/t10-/m0/s1. The van der Waals surface area contributed by atoms with Crippen molar-refractivity contribution in [1.29, 1.82) is 0 Å². The minimum Gasteiger partial charge on any atom is -0.312 e. The van der Waals surface area contributed by atoms with Gasteiger partial charge in [0.05, 0.1) is 0 Å². The van der Waals surface area contributed by atoms with Crippen LogP contribution in [0.3, 0.4) is 0 Å². The molecule has 1 aromatic rings. The van der Waals surface area contributed by atoms with Crippen molar-refractivity contribution >= 4 is 0 Å². The lowest BCUT2D eigenvalue weighted by Gasteiger charge is -2.14.